The predicted molar refractivity (Wildman–Crippen MR) is 89.3 cm³/mol. The lowest BCUT2D eigenvalue weighted by molar-refractivity contribution is -0.139. The normalized spacial score (nSPS) is 18.8. The highest BCUT2D eigenvalue weighted by Gasteiger charge is 2.43. The molecule has 2 aliphatic rings. The van der Waals surface area contributed by atoms with E-state index in [-0.39, 0.29) is 17.9 Å². The number of rotatable bonds is 4. The minimum atomic E-state index is -0.263. The van der Waals surface area contributed by atoms with Crippen LogP contribution in [0.4, 0.5) is 0 Å². The first-order valence-electron chi connectivity index (χ1n) is 8.14. The second kappa shape index (κ2) is 6.65. The molecule has 6 heteroatoms. The number of ether oxygens (including phenoxy) is 2. The Morgan fingerprint density at radius 2 is 1.75 bits per heavy atom. The summed E-state index contributed by atoms with van der Waals surface area (Å²) in [6, 6.07) is 7.11. The molecule has 1 saturated heterocycles. The summed E-state index contributed by atoms with van der Waals surface area (Å²) in [6.45, 7) is 5.98. The van der Waals surface area contributed by atoms with Crippen molar-refractivity contribution in [1.29, 1.82) is 0 Å². The summed E-state index contributed by atoms with van der Waals surface area (Å²) in [5, 5.41) is 0. The van der Waals surface area contributed by atoms with Crippen LogP contribution >= 0.6 is 0 Å². The van der Waals surface area contributed by atoms with Gasteiger partial charge in [0.25, 0.3) is 11.8 Å². The van der Waals surface area contributed by atoms with E-state index in [9.17, 15) is 9.59 Å². The third-order valence-corrected chi connectivity index (χ3v) is 4.31. The van der Waals surface area contributed by atoms with Gasteiger partial charge >= 0.3 is 0 Å². The van der Waals surface area contributed by atoms with E-state index in [4.69, 9.17) is 9.47 Å². The first-order valence-corrected chi connectivity index (χ1v) is 8.14. The molecule has 6 nitrogen and oxygen atoms in total. The number of para-hydroxylation sites is 1. The molecular weight excluding hydrogens is 308 g/mol. The van der Waals surface area contributed by atoms with Crippen molar-refractivity contribution in [2.45, 2.75) is 19.9 Å². The van der Waals surface area contributed by atoms with E-state index in [0.29, 0.717) is 48.9 Å². The minimum absolute atomic E-state index is 0.201. The quantitative estimate of drug-likeness (QED) is 0.784. The number of hydrogen-bond donors (Lipinski definition) is 0. The van der Waals surface area contributed by atoms with Crippen LogP contribution in [-0.4, -0.2) is 61.1 Å². The van der Waals surface area contributed by atoms with Crippen molar-refractivity contribution in [1.82, 2.24) is 9.80 Å². The second-order valence-corrected chi connectivity index (χ2v) is 6.10. The molecule has 2 amide bonds. The number of hydrogen-bond acceptors (Lipinski definition) is 5. The Balaban J connectivity index is 2.16. The Hall–Kier alpha value is -2.34. The number of nitrogens with zero attached hydrogens (tertiary/aromatic N) is 2. The van der Waals surface area contributed by atoms with E-state index in [1.54, 1.807) is 13.2 Å². The molecule has 2 aliphatic heterocycles. The Morgan fingerprint density at radius 1 is 1.08 bits per heavy atom. The summed E-state index contributed by atoms with van der Waals surface area (Å²) in [5.74, 6) is 0.0869. The molecule has 0 N–H and O–H groups in total. The van der Waals surface area contributed by atoms with E-state index in [2.05, 4.69) is 0 Å². The highest BCUT2D eigenvalue weighted by Crippen LogP contribution is 2.37. The molecule has 0 aliphatic carbocycles. The summed E-state index contributed by atoms with van der Waals surface area (Å²) in [5.41, 5.74) is 1.54. The molecule has 0 aromatic heterocycles. The van der Waals surface area contributed by atoms with E-state index in [1.165, 1.54) is 4.90 Å². The third-order valence-electron chi connectivity index (χ3n) is 4.31. The highest BCUT2D eigenvalue weighted by molar-refractivity contribution is 6.36. The van der Waals surface area contributed by atoms with Crippen molar-refractivity contribution in [2.24, 2.45) is 0 Å². The zero-order valence-corrected chi connectivity index (χ0v) is 14.2. The smallest absolute Gasteiger partial charge is 0.278 e. The first-order chi connectivity index (χ1) is 11.6. The Labute approximate surface area is 141 Å². The molecule has 1 aromatic carbocycles. The number of methoxy groups -OCH3 is 1. The van der Waals surface area contributed by atoms with Crippen LogP contribution < -0.4 is 4.74 Å². The van der Waals surface area contributed by atoms with Gasteiger partial charge in [0, 0.05) is 24.7 Å². The Bertz CT molecular complexity index is 690. The summed E-state index contributed by atoms with van der Waals surface area (Å²) in [4.78, 5) is 29.3. The number of carbonyl (C=O) groups excluding carboxylic acids is 2. The molecule has 3 rings (SSSR count). The monoisotopic (exact) mass is 330 g/mol. The molecule has 0 atom stereocenters. The van der Waals surface area contributed by atoms with Crippen LogP contribution in [0.25, 0.3) is 5.57 Å². The fourth-order valence-corrected chi connectivity index (χ4v) is 3.18. The summed E-state index contributed by atoms with van der Waals surface area (Å²) in [7, 11) is 1.56. The average Bonchev–Trinajstić information content (AvgIpc) is 2.86. The molecular formula is C18H22N2O4. The summed E-state index contributed by atoms with van der Waals surface area (Å²) < 4.78 is 10.8. The molecule has 0 unspecified atom stereocenters. The van der Waals surface area contributed by atoms with Gasteiger partial charge in [-0.25, -0.2) is 0 Å². The van der Waals surface area contributed by atoms with Gasteiger partial charge in [-0.2, -0.15) is 0 Å². The number of amides is 2. The molecule has 0 spiro atoms. The van der Waals surface area contributed by atoms with Crippen molar-refractivity contribution in [3.8, 4) is 5.75 Å². The van der Waals surface area contributed by atoms with Crippen LogP contribution in [0.1, 0.15) is 19.4 Å². The molecule has 24 heavy (non-hydrogen) atoms. The van der Waals surface area contributed by atoms with Crippen LogP contribution in [0.15, 0.2) is 30.0 Å². The van der Waals surface area contributed by atoms with Crippen molar-refractivity contribution in [3.05, 3.63) is 35.5 Å². The molecule has 1 fully saturated rings. The number of benzene rings is 1. The van der Waals surface area contributed by atoms with Gasteiger partial charge in [0.2, 0.25) is 0 Å². The molecule has 128 valence electrons. The van der Waals surface area contributed by atoms with Gasteiger partial charge in [-0.15, -0.1) is 0 Å². The zero-order valence-electron chi connectivity index (χ0n) is 14.2. The number of morpholine rings is 1. The largest absolute Gasteiger partial charge is 0.496 e. The standard InChI is InChI=1S/C18H22N2O4/c1-12(2)20-17(21)15(13-6-4-5-7-14(13)23-3)16(18(20)22)19-8-10-24-11-9-19/h4-7,12H,8-11H2,1-3H3. The van der Waals surface area contributed by atoms with Crippen molar-refractivity contribution >= 4 is 17.4 Å². The molecule has 2 heterocycles. The van der Waals surface area contributed by atoms with Crippen molar-refractivity contribution in [2.75, 3.05) is 33.4 Å². The number of imide groups is 1. The molecule has 0 bridgehead atoms. The summed E-state index contributed by atoms with van der Waals surface area (Å²) >= 11 is 0. The Kier molecular flexibility index (Phi) is 4.57. The van der Waals surface area contributed by atoms with Crippen molar-refractivity contribution in [3.63, 3.8) is 0 Å². The second-order valence-electron chi connectivity index (χ2n) is 6.10. The van der Waals surface area contributed by atoms with E-state index < -0.39 is 0 Å². The summed E-state index contributed by atoms with van der Waals surface area (Å²) in [6.07, 6.45) is 0. The maximum atomic E-state index is 13.0. The van der Waals surface area contributed by atoms with Crippen LogP contribution in [0.5, 0.6) is 5.75 Å². The van der Waals surface area contributed by atoms with Gasteiger partial charge in [-0.1, -0.05) is 18.2 Å². The van der Waals surface area contributed by atoms with Crippen molar-refractivity contribution < 1.29 is 19.1 Å². The highest BCUT2D eigenvalue weighted by atomic mass is 16.5. The maximum Gasteiger partial charge on any atom is 0.278 e. The topological polar surface area (TPSA) is 59.1 Å². The van der Waals surface area contributed by atoms with Gasteiger partial charge in [0.15, 0.2) is 0 Å². The van der Waals surface area contributed by atoms with Crippen LogP contribution in [0.2, 0.25) is 0 Å². The van der Waals surface area contributed by atoms with Gasteiger partial charge in [0.05, 0.1) is 25.9 Å². The maximum absolute atomic E-state index is 13.0. The van der Waals surface area contributed by atoms with Crippen LogP contribution in [-0.2, 0) is 14.3 Å². The van der Waals surface area contributed by atoms with Gasteiger partial charge < -0.3 is 14.4 Å². The minimum Gasteiger partial charge on any atom is -0.496 e. The van der Waals surface area contributed by atoms with E-state index in [1.807, 2.05) is 36.9 Å². The third kappa shape index (κ3) is 2.67. The average molecular weight is 330 g/mol. The molecule has 1 aromatic rings. The van der Waals surface area contributed by atoms with Crippen LogP contribution in [0.3, 0.4) is 0 Å². The molecule has 0 saturated carbocycles. The van der Waals surface area contributed by atoms with E-state index in [0.717, 1.165) is 0 Å². The van der Waals surface area contributed by atoms with Gasteiger partial charge in [-0.3, -0.25) is 14.5 Å². The Morgan fingerprint density at radius 3 is 2.38 bits per heavy atom. The van der Waals surface area contributed by atoms with Gasteiger partial charge in [-0.05, 0) is 19.9 Å². The van der Waals surface area contributed by atoms with E-state index >= 15 is 0 Å². The van der Waals surface area contributed by atoms with Gasteiger partial charge in [0.1, 0.15) is 11.4 Å². The fraction of sp³-hybridized carbons (Fsp3) is 0.444. The lowest BCUT2D eigenvalue weighted by Gasteiger charge is -2.30. The molecule has 0 radical (unpaired) electrons. The first kappa shape index (κ1) is 16.5. The SMILES string of the molecule is COc1ccccc1C1=C(N2CCOCC2)C(=O)N(C(C)C)C1=O. The zero-order chi connectivity index (χ0) is 17.3. The number of carbonyl (C=O) groups is 2. The van der Waals surface area contributed by atoms with Crippen LogP contribution in [0, 0.1) is 0 Å². The predicted octanol–water partition coefficient (Wildman–Crippen LogP) is 1.52. The lowest BCUT2D eigenvalue weighted by atomic mass is 10.0. The fourth-order valence-electron chi connectivity index (χ4n) is 3.18. The lowest BCUT2D eigenvalue weighted by Crippen LogP contribution is -2.42.